The Kier molecular flexibility index (Phi) is 7.05. The molecular formula is C19H27BrN4O2. The number of piperazine rings is 1. The molecule has 2 saturated heterocycles. The fraction of sp³-hybridized carbons (Fsp3) is 0.579. The van der Waals surface area contributed by atoms with Crippen molar-refractivity contribution in [3.05, 3.63) is 28.7 Å². The summed E-state index contributed by atoms with van der Waals surface area (Å²) in [6.45, 7) is 6.77. The average Bonchev–Trinajstić information content (AvgIpc) is 3.18. The number of amides is 2. The van der Waals surface area contributed by atoms with Gasteiger partial charge in [0.1, 0.15) is 0 Å². The van der Waals surface area contributed by atoms with E-state index in [0.29, 0.717) is 13.0 Å². The monoisotopic (exact) mass is 422 g/mol. The first-order valence-corrected chi connectivity index (χ1v) is 10.2. The van der Waals surface area contributed by atoms with Crippen molar-refractivity contribution in [3.8, 4) is 0 Å². The zero-order valence-electron chi connectivity index (χ0n) is 15.1. The van der Waals surface area contributed by atoms with Gasteiger partial charge in [-0.1, -0.05) is 15.9 Å². The standard InChI is InChI=1S/C19H27BrN4O2/c20-16-3-5-17(6-4-16)21-18(25)7-10-22-11-13-23(14-12-22)15-19(26)24-8-1-2-9-24/h3-6H,1-2,7-15H2,(H,21,25). The summed E-state index contributed by atoms with van der Waals surface area (Å²) in [7, 11) is 0. The van der Waals surface area contributed by atoms with Crippen molar-refractivity contribution in [2.75, 3.05) is 57.7 Å². The molecule has 0 atom stereocenters. The molecule has 2 amide bonds. The molecule has 0 spiro atoms. The van der Waals surface area contributed by atoms with Crippen LogP contribution in [0.4, 0.5) is 5.69 Å². The van der Waals surface area contributed by atoms with Crippen molar-refractivity contribution < 1.29 is 9.59 Å². The number of rotatable bonds is 6. The van der Waals surface area contributed by atoms with Crippen molar-refractivity contribution in [2.45, 2.75) is 19.3 Å². The topological polar surface area (TPSA) is 55.9 Å². The van der Waals surface area contributed by atoms with Gasteiger partial charge in [0.05, 0.1) is 6.54 Å². The van der Waals surface area contributed by atoms with Crippen molar-refractivity contribution in [3.63, 3.8) is 0 Å². The Labute approximate surface area is 163 Å². The SMILES string of the molecule is O=C(CCN1CCN(CC(=O)N2CCCC2)CC1)Nc1ccc(Br)cc1. The molecule has 2 aliphatic heterocycles. The van der Waals surface area contributed by atoms with E-state index in [1.165, 1.54) is 0 Å². The van der Waals surface area contributed by atoms with E-state index in [2.05, 4.69) is 31.0 Å². The third-order valence-corrected chi connectivity index (χ3v) is 5.59. The van der Waals surface area contributed by atoms with Crippen LogP contribution >= 0.6 is 15.9 Å². The van der Waals surface area contributed by atoms with Gasteiger partial charge >= 0.3 is 0 Å². The molecule has 0 aromatic heterocycles. The Hall–Kier alpha value is -1.44. The van der Waals surface area contributed by atoms with Crippen LogP contribution in [0.25, 0.3) is 0 Å². The smallest absolute Gasteiger partial charge is 0.236 e. The van der Waals surface area contributed by atoms with Gasteiger partial charge in [-0.25, -0.2) is 0 Å². The van der Waals surface area contributed by atoms with Crippen LogP contribution in [0.1, 0.15) is 19.3 Å². The molecule has 1 N–H and O–H groups in total. The number of nitrogens with zero attached hydrogens (tertiary/aromatic N) is 3. The quantitative estimate of drug-likeness (QED) is 0.761. The molecular weight excluding hydrogens is 396 g/mol. The van der Waals surface area contributed by atoms with Crippen molar-refractivity contribution in [2.24, 2.45) is 0 Å². The minimum absolute atomic E-state index is 0.0407. The molecule has 2 fully saturated rings. The maximum absolute atomic E-state index is 12.2. The number of likely N-dealkylation sites (tertiary alicyclic amines) is 1. The number of benzene rings is 1. The van der Waals surface area contributed by atoms with Gasteiger partial charge in [0, 0.05) is 62.4 Å². The normalized spacial score (nSPS) is 18.9. The van der Waals surface area contributed by atoms with E-state index >= 15 is 0 Å². The molecule has 2 heterocycles. The highest BCUT2D eigenvalue weighted by molar-refractivity contribution is 9.10. The minimum Gasteiger partial charge on any atom is -0.342 e. The summed E-state index contributed by atoms with van der Waals surface area (Å²) in [6.07, 6.45) is 2.77. The summed E-state index contributed by atoms with van der Waals surface area (Å²) in [4.78, 5) is 30.8. The molecule has 0 saturated carbocycles. The molecule has 0 radical (unpaired) electrons. The van der Waals surface area contributed by atoms with Crippen LogP contribution in [-0.2, 0) is 9.59 Å². The Morgan fingerprint density at radius 3 is 2.19 bits per heavy atom. The second-order valence-electron chi connectivity index (χ2n) is 7.01. The van der Waals surface area contributed by atoms with Crippen molar-refractivity contribution in [1.29, 1.82) is 0 Å². The van der Waals surface area contributed by atoms with E-state index < -0.39 is 0 Å². The Morgan fingerprint density at radius 1 is 0.923 bits per heavy atom. The largest absolute Gasteiger partial charge is 0.342 e. The summed E-state index contributed by atoms with van der Waals surface area (Å²) in [5.41, 5.74) is 0.823. The van der Waals surface area contributed by atoms with Gasteiger partial charge < -0.3 is 15.1 Å². The second kappa shape index (κ2) is 9.48. The van der Waals surface area contributed by atoms with Gasteiger partial charge in [-0.15, -0.1) is 0 Å². The van der Waals surface area contributed by atoms with Gasteiger partial charge in [-0.3, -0.25) is 14.5 Å². The number of nitrogens with one attached hydrogen (secondary N) is 1. The van der Waals surface area contributed by atoms with Gasteiger partial charge in [0.2, 0.25) is 11.8 Å². The summed E-state index contributed by atoms with van der Waals surface area (Å²) in [5.74, 6) is 0.309. The highest BCUT2D eigenvalue weighted by Crippen LogP contribution is 2.14. The summed E-state index contributed by atoms with van der Waals surface area (Å²) in [6, 6.07) is 7.60. The fourth-order valence-corrected chi connectivity index (χ4v) is 3.71. The number of halogens is 1. The van der Waals surface area contributed by atoms with E-state index in [1.54, 1.807) is 0 Å². The number of hydrogen-bond acceptors (Lipinski definition) is 4. The number of carbonyl (C=O) groups is 2. The molecule has 6 nitrogen and oxygen atoms in total. The van der Waals surface area contributed by atoms with E-state index in [4.69, 9.17) is 0 Å². The molecule has 0 bridgehead atoms. The maximum atomic E-state index is 12.2. The van der Waals surface area contributed by atoms with Crippen LogP contribution in [0.2, 0.25) is 0 Å². The third kappa shape index (κ3) is 5.79. The van der Waals surface area contributed by atoms with E-state index in [-0.39, 0.29) is 11.8 Å². The molecule has 3 rings (SSSR count). The Morgan fingerprint density at radius 2 is 1.54 bits per heavy atom. The maximum Gasteiger partial charge on any atom is 0.236 e. The van der Waals surface area contributed by atoms with E-state index in [0.717, 1.165) is 68.8 Å². The lowest BCUT2D eigenvalue weighted by Gasteiger charge is -2.34. The lowest BCUT2D eigenvalue weighted by atomic mass is 10.2. The molecule has 2 aliphatic rings. The lowest BCUT2D eigenvalue weighted by molar-refractivity contribution is -0.131. The fourth-order valence-electron chi connectivity index (χ4n) is 3.45. The molecule has 26 heavy (non-hydrogen) atoms. The molecule has 7 heteroatoms. The molecule has 142 valence electrons. The summed E-state index contributed by atoms with van der Waals surface area (Å²) >= 11 is 3.39. The Balaban J connectivity index is 1.32. The first-order chi connectivity index (χ1) is 12.6. The van der Waals surface area contributed by atoms with Crippen LogP contribution in [0.15, 0.2) is 28.7 Å². The first kappa shape index (κ1) is 19.3. The van der Waals surface area contributed by atoms with Crippen LogP contribution in [0.3, 0.4) is 0 Å². The van der Waals surface area contributed by atoms with Gasteiger partial charge in [-0.2, -0.15) is 0 Å². The zero-order chi connectivity index (χ0) is 18.4. The number of anilines is 1. The zero-order valence-corrected chi connectivity index (χ0v) is 16.7. The van der Waals surface area contributed by atoms with Gasteiger partial charge in [-0.05, 0) is 37.1 Å². The first-order valence-electron chi connectivity index (χ1n) is 9.38. The number of hydrogen-bond donors (Lipinski definition) is 1. The van der Waals surface area contributed by atoms with Crippen molar-refractivity contribution >= 4 is 33.4 Å². The lowest BCUT2D eigenvalue weighted by Crippen LogP contribution is -2.50. The molecule has 0 unspecified atom stereocenters. The van der Waals surface area contributed by atoms with Crippen LogP contribution in [0, 0.1) is 0 Å². The molecule has 0 aliphatic carbocycles. The third-order valence-electron chi connectivity index (χ3n) is 5.07. The Bertz CT molecular complexity index is 608. The molecule has 1 aromatic carbocycles. The second-order valence-corrected chi connectivity index (χ2v) is 7.93. The minimum atomic E-state index is 0.0407. The van der Waals surface area contributed by atoms with Crippen LogP contribution < -0.4 is 5.32 Å². The summed E-state index contributed by atoms with van der Waals surface area (Å²) < 4.78 is 0.997. The predicted molar refractivity (Wildman–Crippen MR) is 106 cm³/mol. The van der Waals surface area contributed by atoms with E-state index in [9.17, 15) is 9.59 Å². The van der Waals surface area contributed by atoms with E-state index in [1.807, 2.05) is 29.2 Å². The van der Waals surface area contributed by atoms with Gasteiger partial charge in [0.15, 0.2) is 0 Å². The molecule has 1 aromatic rings. The highest BCUT2D eigenvalue weighted by Gasteiger charge is 2.23. The highest BCUT2D eigenvalue weighted by atomic mass is 79.9. The number of carbonyl (C=O) groups excluding carboxylic acids is 2. The average molecular weight is 423 g/mol. The van der Waals surface area contributed by atoms with Crippen LogP contribution in [-0.4, -0.2) is 78.9 Å². The summed E-state index contributed by atoms with van der Waals surface area (Å²) in [5, 5.41) is 2.93. The predicted octanol–water partition coefficient (Wildman–Crippen LogP) is 2.02. The van der Waals surface area contributed by atoms with Crippen molar-refractivity contribution in [1.82, 2.24) is 14.7 Å². The van der Waals surface area contributed by atoms with Crippen LogP contribution in [0.5, 0.6) is 0 Å². The van der Waals surface area contributed by atoms with Gasteiger partial charge in [0.25, 0.3) is 0 Å².